The molecule has 0 aromatic heterocycles. The molecule has 0 radical (unpaired) electrons. The molecular formula is C37H55NO5. The van der Waals surface area contributed by atoms with Crippen molar-refractivity contribution in [1.29, 1.82) is 0 Å². The summed E-state index contributed by atoms with van der Waals surface area (Å²) in [6.07, 6.45) is 10.6. The molecule has 1 N–H and O–H groups in total. The molecule has 7 atom stereocenters. The smallest absolute Gasteiger partial charge is 0.316 e. The number of likely N-dealkylation sites (tertiary alicyclic amines) is 1. The van der Waals surface area contributed by atoms with Crippen LogP contribution in [0, 0.1) is 28.1 Å². The lowest BCUT2D eigenvalue weighted by molar-refractivity contribution is -0.314. The normalized spacial score (nSPS) is 37.5. The van der Waals surface area contributed by atoms with Crippen LogP contribution in [0.4, 0.5) is 0 Å². The summed E-state index contributed by atoms with van der Waals surface area (Å²) in [5.74, 6) is 1.84. The van der Waals surface area contributed by atoms with Crippen molar-refractivity contribution >= 4 is 5.97 Å². The lowest BCUT2D eigenvalue weighted by atomic mass is 9.33. The van der Waals surface area contributed by atoms with Gasteiger partial charge in [0.15, 0.2) is 11.5 Å². The second-order valence-corrected chi connectivity index (χ2v) is 17.2. The van der Waals surface area contributed by atoms with Crippen molar-refractivity contribution in [3.8, 4) is 11.5 Å². The van der Waals surface area contributed by atoms with Gasteiger partial charge in [-0.2, -0.15) is 0 Å². The molecule has 6 nitrogen and oxygen atoms in total. The first-order chi connectivity index (χ1) is 20.2. The van der Waals surface area contributed by atoms with Gasteiger partial charge in [-0.15, -0.1) is 0 Å². The second-order valence-electron chi connectivity index (χ2n) is 17.2. The zero-order valence-electron chi connectivity index (χ0n) is 28.0. The molecule has 1 aromatic carbocycles. The molecule has 0 amide bonds. The van der Waals surface area contributed by atoms with Crippen LogP contribution in [0.2, 0.25) is 0 Å². The quantitative estimate of drug-likeness (QED) is 0.250. The Kier molecular flexibility index (Phi) is 6.60. The number of piperidine rings is 1. The predicted octanol–water partition coefficient (Wildman–Crippen LogP) is 6.83. The van der Waals surface area contributed by atoms with Gasteiger partial charge in [0.1, 0.15) is 11.7 Å². The maximum absolute atomic E-state index is 13.2. The molecule has 43 heavy (non-hydrogen) atoms. The average Bonchev–Trinajstić information content (AvgIpc) is 3.70. The van der Waals surface area contributed by atoms with Gasteiger partial charge < -0.3 is 19.3 Å². The van der Waals surface area contributed by atoms with E-state index in [0.29, 0.717) is 11.8 Å². The minimum atomic E-state index is -0.942. The summed E-state index contributed by atoms with van der Waals surface area (Å²) in [6.45, 7) is 16.8. The van der Waals surface area contributed by atoms with Crippen molar-refractivity contribution < 1.29 is 24.1 Å². The Morgan fingerprint density at radius 1 is 1.12 bits per heavy atom. The standard InChI is InChI=1S/C37H55NO5/c1-9-10-15-33(5,6)34(7,40)26-21-35-16-17-37(26,41-8)30-36(35)18-19-38(22-23-11-12-23)27(35)20-24-13-14-25(29(43-30)28(24)36)42-31(39)32(2,3)4/h13-14,23,26-27,30,40H,9-12,15-22H2,1-8H3. The highest BCUT2D eigenvalue weighted by Crippen LogP contribution is 2.78. The second kappa shape index (κ2) is 9.45. The summed E-state index contributed by atoms with van der Waals surface area (Å²) in [5.41, 5.74) is -0.0438. The lowest BCUT2D eigenvalue weighted by Gasteiger charge is -2.75. The minimum Gasteiger partial charge on any atom is -0.482 e. The first-order valence-corrected chi connectivity index (χ1v) is 17.3. The number of carbonyl (C=O) groups excluding carboxylic acids is 1. The Morgan fingerprint density at radius 3 is 2.51 bits per heavy atom. The maximum Gasteiger partial charge on any atom is 0.316 e. The molecule has 2 aliphatic heterocycles. The fraction of sp³-hybridized carbons (Fsp3) is 0.811. The molecule has 6 heteroatoms. The van der Waals surface area contributed by atoms with Gasteiger partial charge in [0.25, 0.3) is 0 Å². The molecule has 8 rings (SSSR count). The van der Waals surface area contributed by atoms with E-state index in [-0.39, 0.29) is 34.2 Å². The van der Waals surface area contributed by atoms with E-state index in [2.05, 4.69) is 38.7 Å². The summed E-state index contributed by atoms with van der Waals surface area (Å²) < 4.78 is 20.2. The highest BCUT2D eigenvalue weighted by atomic mass is 16.6. The first kappa shape index (κ1) is 30.0. The summed E-state index contributed by atoms with van der Waals surface area (Å²) in [6, 6.07) is 4.62. The molecule has 1 saturated heterocycles. The topological polar surface area (TPSA) is 68.2 Å². The van der Waals surface area contributed by atoms with E-state index in [9.17, 15) is 9.90 Å². The molecule has 2 heterocycles. The lowest BCUT2D eigenvalue weighted by Crippen LogP contribution is -2.83. The van der Waals surface area contributed by atoms with Crippen LogP contribution in [0.3, 0.4) is 0 Å². The fourth-order valence-corrected chi connectivity index (χ4v) is 10.7. The van der Waals surface area contributed by atoms with E-state index in [1.54, 1.807) is 0 Å². The summed E-state index contributed by atoms with van der Waals surface area (Å²) in [7, 11) is 1.85. The predicted molar refractivity (Wildman–Crippen MR) is 167 cm³/mol. The van der Waals surface area contributed by atoms with E-state index in [0.717, 1.165) is 69.6 Å². The molecule has 238 valence electrons. The highest BCUT2D eigenvalue weighted by Gasteiger charge is 2.82. The third-order valence-corrected chi connectivity index (χ3v) is 13.7. The minimum absolute atomic E-state index is 0.0223. The van der Waals surface area contributed by atoms with Crippen LogP contribution < -0.4 is 9.47 Å². The van der Waals surface area contributed by atoms with Gasteiger partial charge in [0.2, 0.25) is 0 Å². The first-order valence-electron chi connectivity index (χ1n) is 17.3. The van der Waals surface area contributed by atoms with Crippen LogP contribution in [0.15, 0.2) is 12.1 Å². The van der Waals surface area contributed by atoms with Gasteiger partial charge in [-0.25, -0.2) is 0 Å². The zero-order chi connectivity index (χ0) is 30.8. The molecule has 1 aromatic rings. The Morgan fingerprint density at radius 2 is 1.86 bits per heavy atom. The third kappa shape index (κ3) is 3.84. The monoisotopic (exact) mass is 593 g/mol. The number of methoxy groups -OCH3 is 1. The van der Waals surface area contributed by atoms with Gasteiger partial charge in [0.05, 0.1) is 11.0 Å². The van der Waals surface area contributed by atoms with Crippen LogP contribution in [0.25, 0.3) is 0 Å². The average molecular weight is 594 g/mol. The Bertz CT molecular complexity index is 1310. The number of benzene rings is 1. The maximum atomic E-state index is 13.2. The van der Waals surface area contributed by atoms with E-state index >= 15 is 0 Å². The van der Waals surface area contributed by atoms with Gasteiger partial charge in [0, 0.05) is 42.0 Å². The highest BCUT2D eigenvalue weighted by molar-refractivity contribution is 5.79. The zero-order valence-corrected chi connectivity index (χ0v) is 28.0. The molecular weight excluding hydrogens is 538 g/mol. The molecule has 4 bridgehead atoms. The van der Waals surface area contributed by atoms with Crippen LogP contribution in [0.5, 0.6) is 11.5 Å². The summed E-state index contributed by atoms with van der Waals surface area (Å²) in [5, 5.41) is 12.8. The Balaban J connectivity index is 1.41. The van der Waals surface area contributed by atoms with Crippen molar-refractivity contribution in [2.45, 2.75) is 141 Å². The van der Waals surface area contributed by atoms with E-state index in [1.165, 1.54) is 30.5 Å². The van der Waals surface area contributed by atoms with Gasteiger partial charge >= 0.3 is 5.97 Å². The van der Waals surface area contributed by atoms with E-state index in [1.807, 2.05) is 33.9 Å². The van der Waals surface area contributed by atoms with Crippen molar-refractivity contribution in [1.82, 2.24) is 4.90 Å². The molecule has 7 unspecified atom stereocenters. The molecule has 5 fully saturated rings. The SMILES string of the molecule is CCCCC(C)(C)C(C)(O)C1CC23CCC1(OC)C1Oc4c(OC(=O)C(C)(C)C)ccc5c4C12CCN(CC1CC1)C3C5. The number of unbranched alkanes of at least 4 members (excludes halogenated alkanes) is 1. The van der Waals surface area contributed by atoms with Gasteiger partial charge in [-0.05, 0) is 109 Å². The van der Waals surface area contributed by atoms with Crippen molar-refractivity contribution in [2.24, 2.45) is 28.1 Å². The number of ether oxygens (including phenoxy) is 3. The fourth-order valence-electron chi connectivity index (χ4n) is 10.7. The molecule has 5 aliphatic carbocycles. The van der Waals surface area contributed by atoms with Crippen LogP contribution in [-0.2, 0) is 21.4 Å². The van der Waals surface area contributed by atoms with Crippen molar-refractivity contribution in [3.05, 3.63) is 23.3 Å². The third-order valence-electron chi connectivity index (χ3n) is 13.7. The molecule has 2 spiro atoms. The number of fused-ring (bicyclic) bond motifs is 2. The summed E-state index contributed by atoms with van der Waals surface area (Å²) >= 11 is 0. The number of carbonyl (C=O) groups is 1. The van der Waals surface area contributed by atoms with Crippen LogP contribution >= 0.6 is 0 Å². The Hall–Kier alpha value is -1.63. The van der Waals surface area contributed by atoms with Crippen LogP contribution in [0.1, 0.15) is 117 Å². The van der Waals surface area contributed by atoms with Crippen molar-refractivity contribution in [3.63, 3.8) is 0 Å². The number of hydrogen-bond acceptors (Lipinski definition) is 6. The van der Waals surface area contributed by atoms with Crippen molar-refractivity contribution in [2.75, 3.05) is 20.2 Å². The number of rotatable bonds is 9. The van der Waals surface area contributed by atoms with Gasteiger partial charge in [-0.1, -0.05) is 39.7 Å². The number of esters is 1. The van der Waals surface area contributed by atoms with Crippen LogP contribution in [-0.4, -0.2) is 59.5 Å². The van der Waals surface area contributed by atoms with E-state index in [4.69, 9.17) is 14.2 Å². The molecule has 7 aliphatic rings. The summed E-state index contributed by atoms with van der Waals surface area (Å²) in [4.78, 5) is 16.0. The number of aliphatic hydroxyl groups is 1. The van der Waals surface area contributed by atoms with E-state index < -0.39 is 16.6 Å². The Labute approximate surface area is 259 Å². The number of hydrogen-bond donors (Lipinski definition) is 1. The largest absolute Gasteiger partial charge is 0.482 e. The van der Waals surface area contributed by atoms with Gasteiger partial charge in [-0.3, -0.25) is 9.69 Å². The molecule has 4 saturated carbocycles. The number of nitrogens with zero attached hydrogens (tertiary/aromatic N) is 1.